The minimum Gasteiger partial charge on any atom is -0.351 e. The zero-order valence-corrected chi connectivity index (χ0v) is 13.9. The van der Waals surface area contributed by atoms with Gasteiger partial charge in [-0.25, -0.2) is 4.98 Å². The van der Waals surface area contributed by atoms with Crippen LogP contribution >= 0.6 is 0 Å². The third-order valence-electron chi connectivity index (χ3n) is 4.67. The van der Waals surface area contributed by atoms with Crippen LogP contribution in [0.1, 0.15) is 54.2 Å². The van der Waals surface area contributed by atoms with Gasteiger partial charge in [-0.2, -0.15) is 0 Å². The quantitative estimate of drug-likeness (QED) is 0.785. The van der Waals surface area contributed by atoms with Crippen molar-refractivity contribution in [3.8, 4) is 0 Å². The van der Waals surface area contributed by atoms with Gasteiger partial charge in [0.1, 0.15) is 0 Å². The average molecular weight is 341 g/mol. The molecule has 0 radical (unpaired) electrons. The van der Waals surface area contributed by atoms with Crippen LogP contribution in [0, 0.1) is 0 Å². The molecule has 1 aliphatic heterocycles. The molecule has 1 saturated heterocycles. The second kappa shape index (κ2) is 6.19. The first-order chi connectivity index (χ1) is 12.2. The zero-order valence-electron chi connectivity index (χ0n) is 13.9. The topological polar surface area (TPSA) is 96.5 Å². The van der Waals surface area contributed by atoms with E-state index in [1.165, 1.54) is 4.40 Å². The summed E-state index contributed by atoms with van der Waals surface area (Å²) in [5.74, 6) is 0.530. The number of aromatic nitrogens is 4. The maximum absolute atomic E-state index is 12.9. The number of aryl methyl sites for hydroxylation is 1. The number of hydrogen-bond donors (Lipinski definition) is 1. The summed E-state index contributed by atoms with van der Waals surface area (Å²) in [5.41, 5.74) is 1.29. The molecule has 0 saturated carbocycles. The molecule has 0 bridgehead atoms. The number of hydrogen-bond acceptors (Lipinski definition) is 5. The van der Waals surface area contributed by atoms with Crippen molar-refractivity contribution in [2.24, 2.45) is 0 Å². The number of H-pyrrole nitrogens is 1. The van der Waals surface area contributed by atoms with Gasteiger partial charge in [0.25, 0.3) is 11.5 Å². The number of nitrogens with one attached hydrogen (secondary N) is 1. The minimum atomic E-state index is -0.203. The smallest absolute Gasteiger partial charge is 0.293 e. The molecule has 4 rings (SSSR count). The average Bonchev–Trinajstić information content (AvgIpc) is 3.30. The van der Waals surface area contributed by atoms with E-state index in [0.29, 0.717) is 24.4 Å². The number of aromatic amines is 1. The molecule has 1 fully saturated rings. The summed E-state index contributed by atoms with van der Waals surface area (Å²) in [4.78, 5) is 34.2. The Morgan fingerprint density at radius 3 is 3.08 bits per heavy atom. The van der Waals surface area contributed by atoms with Gasteiger partial charge in [-0.05, 0) is 25.7 Å². The van der Waals surface area contributed by atoms with Crippen molar-refractivity contribution in [2.45, 2.75) is 38.6 Å². The summed E-state index contributed by atoms with van der Waals surface area (Å²) < 4.78 is 6.65. The van der Waals surface area contributed by atoms with Crippen LogP contribution in [0.15, 0.2) is 33.8 Å². The van der Waals surface area contributed by atoms with Crippen LogP contribution in [0.25, 0.3) is 5.78 Å². The minimum absolute atomic E-state index is 0.160. The molecule has 0 spiro atoms. The molecule has 1 unspecified atom stereocenters. The second-order valence-electron chi connectivity index (χ2n) is 6.23. The van der Waals surface area contributed by atoms with Crippen molar-refractivity contribution in [3.05, 3.63) is 52.0 Å². The molecule has 3 aromatic rings. The summed E-state index contributed by atoms with van der Waals surface area (Å²) in [6, 6.07) is 3.03. The monoisotopic (exact) mass is 341 g/mol. The number of nitrogens with zero attached hydrogens (tertiary/aromatic N) is 4. The van der Waals surface area contributed by atoms with Crippen LogP contribution < -0.4 is 5.56 Å². The van der Waals surface area contributed by atoms with Gasteiger partial charge in [0, 0.05) is 36.8 Å². The molecule has 1 aliphatic rings. The van der Waals surface area contributed by atoms with E-state index in [1.807, 2.05) is 6.92 Å². The van der Waals surface area contributed by atoms with E-state index in [0.717, 1.165) is 25.0 Å². The van der Waals surface area contributed by atoms with Gasteiger partial charge in [-0.1, -0.05) is 12.1 Å². The lowest BCUT2D eigenvalue weighted by Gasteiger charge is -2.35. The lowest BCUT2D eigenvalue weighted by atomic mass is 9.98. The van der Waals surface area contributed by atoms with Crippen molar-refractivity contribution in [3.63, 3.8) is 0 Å². The Bertz CT molecular complexity index is 970. The van der Waals surface area contributed by atoms with E-state index < -0.39 is 0 Å². The Morgan fingerprint density at radius 2 is 2.28 bits per heavy atom. The van der Waals surface area contributed by atoms with E-state index in [9.17, 15) is 9.59 Å². The number of carbonyl (C=O) groups is 1. The van der Waals surface area contributed by atoms with Gasteiger partial charge in [0.15, 0.2) is 0 Å². The Morgan fingerprint density at radius 1 is 1.40 bits per heavy atom. The maximum atomic E-state index is 12.9. The van der Waals surface area contributed by atoms with Crippen LogP contribution in [0.2, 0.25) is 0 Å². The fraction of sp³-hybridized carbons (Fsp3) is 0.412. The van der Waals surface area contributed by atoms with E-state index in [-0.39, 0.29) is 23.3 Å². The number of rotatable bonds is 3. The van der Waals surface area contributed by atoms with Crippen LogP contribution in [-0.4, -0.2) is 36.9 Å². The van der Waals surface area contributed by atoms with Gasteiger partial charge in [0.05, 0.1) is 11.7 Å². The molecule has 8 heteroatoms. The van der Waals surface area contributed by atoms with Crippen LogP contribution in [0.3, 0.4) is 0 Å². The predicted octanol–water partition coefficient (Wildman–Crippen LogP) is 1.94. The van der Waals surface area contributed by atoms with Gasteiger partial charge >= 0.3 is 0 Å². The Hall–Kier alpha value is -2.90. The third-order valence-corrected chi connectivity index (χ3v) is 4.67. The number of amides is 1. The molecule has 1 atom stereocenters. The van der Waals surface area contributed by atoms with E-state index in [4.69, 9.17) is 4.52 Å². The summed E-state index contributed by atoms with van der Waals surface area (Å²) in [5, 5.41) is 3.90. The molecule has 3 aromatic heterocycles. The largest absolute Gasteiger partial charge is 0.351 e. The normalized spacial score (nSPS) is 18.0. The first-order valence-electron chi connectivity index (χ1n) is 8.50. The zero-order chi connectivity index (χ0) is 17.4. The summed E-state index contributed by atoms with van der Waals surface area (Å²) >= 11 is 0. The predicted molar refractivity (Wildman–Crippen MR) is 89.3 cm³/mol. The summed E-state index contributed by atoms with van der Waals surface area (Å²) in [6.07, 6.45) is 6.60. The highest BCUT2D eigenvalue weighted by molar-refractivity contribution is 5.91. The lowest BCUT2D eigenvalue weighted by Crippen LogP contribution is -2.39. The van der Waals surface area contributed by atoms with E-state index in [2.05, 4.69) is 15.1 Å². The highest BCUT2D eigenvalue weighted by Crippen LogP contribution is 2.31. The maximum Gasteiger partial charge on any atom is 0.293 e. The van der Waals surface area contributed by atoms with E-state index in [1.54, 1.807) is 29.4 Å². The van der Waals surface area contributed by atoms with E-state index >= 15 is 0 Å². The Kier molecular flexibility index (Phi) is 3.87. The third kappa shape index (κ3) is 2.73. The molecule has 0 aliphatic carbocycles. The van der Waals surface area contributed by atoms with Gasteiger partial charge in [-0.3, -0.25) is 14.0 Å². The second-order valence-corrected chi connectivity index (χ2v) is 6.23. The highest BCUT2D eigenvalue weighted by atomic mass is 16.5. The number of imidazole rings is 1. The van der Waals surface area contributed by atoms with Gasteiger partial charge in [-0.15, -0.1) is 0 Å². The van der Waals surface area contributed by atoms with Crippen LogP contribution in [0.5, 0.6) is 0 Å². The molecule has 130 valence electrons. The van der Waals surface area contributed by atoms with Crippen LogP contribution in [-0.2, 0) is 6.42 Å². The number of carbonyl (C=O) groups excluding carboxylic acids is 1. The molecule has 0 aromatic carbocycles. The standard InChI is InChI=1S/C17H19N5O3/c1-2-11-9-14(25-20-11)16(24)21-7-4-3-5-13(21)12-10-15(23)22-8-6-18-17(22)19-12/h6,8-10,13H,2-5,7H2,1H3,(H,18,19). The summed E-state index contributed by atoms with van der Waals surface area (Å²) in [7, 11) is 0. The molecular formula is C17H19N5O3. The lowest BCUT2D eigenvalue weighted by molar-refractivity contribution is 0.0563. The summed E-state index contributed by atoms with van der Waals surface area (Å²) in [6.45, 7) is 2.58. The fourth-order valence-electron chi connectivity index (χ4n) is 3.34. The number of likely N-dealkylation sites (tertiary alicyclic amines) is 1. The van der Waals surface area contributed by atoms with Gasteiger partial charge in [0.2, 0.25) is 11.5 Å². The van der Waals surface area contributed by atoms with Gasteiger partial charge < -0.3 is 14.4 Å². The van der Waals surface area contributed by atoms with Crippen molar-refractivity contribution in [1.82, 2.24) is 24.4 Å². The molecule has 1 amide bonds. The van der Waals surface area contributed by atoms with Crippen molar-refractivity contribution < 1.29 is 9.32 Å². The first kappa shape index (κ1) is 15.6. The Balaban J connectivity index is 1.70. The highest BCUT2D eigenvalue weighted by Gasteiger charge is 2.31. The molecule has 8 nitrogen and oxygen atoms in total. The van der Waals surface area contributed by atoms with Crippen molar-refractivity contribution >= 4 is 11.7 Å². The van der Waals surface area contributed by atoms with Crippen molar-refractivity contribution in [1.29, 1.82) is 0 Å². The van der Waals surface area contributed by atoms with Crippen molar-refractivity contribution in [2.75, 3.05) is 6.54 Å². The molecule has 25 heavy (non-hydrogen) atoms. The van der Waals surface area contributed by atoms with Crippen LogP contribution in [0.4, 0.5) is 0 Å². The fourth-order valence-corrected chi connectivity index (χ4v) is 3.34. The SMILES string of the molecule is CCc1cc(C(=O)N2CCCCC2c2cc(=O)n3ccnc3[nH]2)on1. The number of fused-ring (bicyclic) bond motifs is 1. The number of piperidine rings is 1. The molecule has 1 N–H and O–H groups in total. The molecular weight excluding hydrogens is 322 g/mol. The Labute approximate surface area is 143 Å². The first-order valence-corrected chi connectivity index (χ1v) is 8.50. The molecule has 4 heterocycles.